The number of carboxylic acid groups (broad SMARTS) is 2. The summed E-state index contributed by atoms with van der Waals surface area (Å²) in [6, 6.07) is 0. The molecule has 10 heteroatoms. The molecule has 1 aromatic rings. The molecule has 0 saturated carbocycles. The Hall–Kier alpha value is -0.760. The Labute approximate surface area is 184 Å². The van der Waals surface area contributed by atoms with Crippen molar-refractivity contribution < 1.29 is 30.4 Å². The number of hydrogen-bond acceptors (Lipinski definition) is 4. The molecule has 6 nitrogen and oxygen atoms in total. The number of rotatable bonds is 2. The van der Waals surface area contributed by atoms with Crippen LogP contribution in [-0.4, -0.2) is 38.1 Å². The van der Waals surface area contributed by atoms with Crippen molar-refractivity contribution >= 4 is 58.3 Å². The summed E-state index contributed by atoms with van der Waals surface area (Å²) in [6.45, 7) is 5.50. The number of halogens is 4. The molecule has 0 bridgehead atoms. The summed E-state index contributed by atoms with van der Waals surface area (Å²) in [5.74, 6) is -3.69. The summed E-state index contributed by atoms with van der Waals surface area (Å²) in [7, 11) is 0. The predicted molar refractivity (Wildman–Crippen MR) is 106 cm³/mol. The van der Waals surface area contributed by atoms with E-state index in [4.69, 9.17) is 46.4 Å². The van der Waals surface area contributed by atoms with Gasteiger partial charge in [-0.2, -0.15) is 0 Å². The molecule has 0 spiro atoms. The van der Waals surface area contributed by atoms with Gasteiger partial charge in [0.15, 0.2) is 0 Å². The third-order valence-electron chi connectivity index (χ3n) is 4.31. The molecule has 3 rings (SSSR count). The molecule has 0 aliphatic carbocycles. The van der Waals surface area contributed by atoms with Gasteiger partial charge in [0.2, 0.25) is 0 Å². The van der Waals surface area contributed by atoms with Crippen molar-refractivity contribution in [1.82, 2.24) is 0 Å². The second kappa shape index (κ2) is 13.5. The monoisotopic (exact) mass is 472 g/mol. The van der Waals surface area contributed by atoms with E-state index in [0.29, 0.717) is 0 Å². The number of carbonyl (C=O) groups excluding carboxylic acids is 2. The maximum Gasteiger partial charge on any atom is 0.0800 e. The highest BCUT2D eigenvalue weighted by molar-refractivity contribution is 6.53. The maximum absolute atomic E-state index is 10.7. The van der Waals surface area contributed by atoms with Crippen molar-refractivity contribution in [2.45, 2.75) is 38.5 Å². The molecule has 2 aliphatic rings. The molecule has 2 saturated heterocycles. The molecule has 0 atom stereocenters. The van der Waals surface area contributed by atoms with Crippen molar-refractivity contribution in [1.29, 1.82) is 0 Å². The number of piperidine rings is 2. The molecule has 0 amide bonds. The van der Waals surface area contributed by atoms with Crippen molar-refractivity contribution in [3.05, 3.63) is 31.2 Å². The van der Waals surface area contributed by atoms with Gasteiger partial charge in [0.25, 0.3) is 0 Å². The number of benzene rings is 1. The van der Waals surface area contributed by atoms with Gasteiger partial charge in [-0.15, -0.1) is 0 Å². The molecule has 4 N–H and O–H groups in total. The van der Waals surface area contributed by atoms with E-state index in [1.807, 2.05) is 0 Å². The number of carboxylic acids is 2. The van der Waals surface area contributed by atoms with Crippen LogP contribution in [0.5, 0.6) is 0 Å². The fraction of sp³-hybridized carbons (Fsp3) is 0.556. The van der Waals surface area contributed by atoms with E-state index in [2.05, 4.69) is 10.6 Å². The highest BCUT2D eigenvalue weighted by Gasteiger charge is 2.21. The molecule has 158 valence electrons. The normalized spacial score (nSPS) is 16.1. The van der Waals surface area contributed by atoms with Crippen LogP contribution >= 0.6 is 46.4 Å². The predicted octanol–water partition coefficient (Wildman–Crippen LogP) is 0.495. The van der Waals surface area contributed by atoms with Crippen LogP contribution in [0.15, 0.2) is 0 Å². The third kappa shape index (κ3) is 7.93. The van der Waals surface area contributed by atoms with Gasteiger partial charge in [0.1, 0.15) is 0 Å². The Bertz CT molecular complexity index is 598. The molecule has 28 heavy (non-hydrogen) atoms. The minimum Gasteiger partial charge on any atom is -0.545 e. The fourth-order valence-electron chi connectivity index (χ4n) is 2.81. The van der Waals surface area contributed by atoms with E-state index in [0.717, 1.165) is 0 Å². The van der Waals surface area contributed by atoms with Crippen LogP contribution in [-0.2, 0) is 0 Å². The Morgan fingerprint density at radius 3 is 1.00 bits per heavy atom. The van der Waals surface area contributed by atoms with Crippen molar-refractivity contribution in [3.8, 4) is 0 Å². The summed E-state index contributed by atoms with van der Waals surface area (Å²) in [4.78, 5) is 21.4. The maximum atomic E-state index is 10.7. The smallest absolute Gasteiger partial charge is 0.0800 e. The first-order chi connectivity index (χ1) is 13.3. The van der Waals surface area contributed by atoms with Gasteiger partial charge >= 0.3 is 0 Å². The Morgan fingerprint density at radius 1 is 0.571 bits per heavy atom. The zero-order valence-electron chi connectivity index (χ0n) is 15.4. The first kappa shape index (κ1) is 25.3. The zero-order valence-corrected chi connectivity index (χ0v) is 18.4. The Balaban J connectivity index is 0.000000263. The van der Waals surface area contributed by atoms with E-state index in [9.17, 15) is 19.8 Å². The first-order valence-electron chi connectivity index (χ1n) is 9.21. The van der Waals surface area contributed by atoms with Crippen molar-refractivity contribution in [3.63, 3.8) is 0 Å². The number of nitrogens with two attached hydrogens (primary N) is 2. The third-order valence-corrected chi connectivity index (χ3v) is 6.11. The molecule has 1 aromatic carbocycles. The molecule has 0 aromatic heterocycles. The number of aromatic carboxylic acids is 2. The lowest BCUT2D eigenvalue weighted by Crippen LogP contribution is -2.85. The van der Waals surface area contributed by atoms with Gasteiger partial charge in [-0.25, -0.2) is 0 Å². The number of hydrogen-bond donors (Lipinski definition) is 2. The fourth-order valence-corrected chi connectivity index (χ4v) is 3.82. The molecule has 0 unspecified atom stereocenters. The van der Waals surface area contributed by atoms with Gasteiger partial charge in [-0.1, -0.05) is 46.4 Å². The van der Waals surface area contributed by atoms with Crippen LogP contribution in [0.2, 0.25) is 20.1 Å². The molecule has 2 aliphatic heterocycles. The molecule has 2 heterocycles. The van der Waals surface area contributed by atoms with E-state index in [1.54, 1.807) is 0 Å². The second-order valence-electron chi connectivity index (χ2n) is 6.43. The number of quaternary nitrogens is 2. The highest BCUT2D eigenvalue weighted by atomic mass is 35.5. The van der Waals surface area contributed by atoms with Crippen LogP contribution < -0.4 is 20.8 Å². The van der Waals surface area contributed by atoms with Gasteiger partial charge < -0.3 is 30.4 Å². The van der Waals surface area contributed by atoms with E-state index in [1.165, 1.54) is 64.7 Å². The minimum absolute atomic E-state index is 0.363. The Kier molecular flexibility index (Phi) is 12.2. The largest absolute Gasteiger partial charge is 0.545 e. The summed E-state index contributed by atoms with van der Waals surface area (Å²) >= 11 is 22.2. The standard InChI is InChI=1S/C8H2Cl4O4.2C5H11N/c9-3-1(7(13)14)2(8(15)16)4(10)6(12)5(3)11;2*1-2-4-6-5-3-1/h(H,13,14)(H,15,16);2*6H,1-5H2. The molecular formula is C18H24Cl4N2O4. The average Bonchev–Trinajstić information content (AvgIpc) is 2.72. The summed E-state index contributed by atoms with van der Waals surface area (Å²) in [5.41, 5.74) is -1.72. The molecule has 0 radical (unpaired) electrons. The second-order valence-corrected chi connectivity index (χ2v) is 7.95. The quantitative estimate of drug-likeness (QED) is 0.480. The van der Waals surface area contributed by atoms with E-state index in [-0.39, 0.29) is 10.0 Å². The highest BCUT2D eigenvalue weighted by Crippen LogP contribution is 2.41. The van der Waals surface area contributed by atoms with Crippen LogP contribution in [0, 0.1) is 0 Å². The zero-order chi connectivity index (χ0) is 21.1. The lowest BCUT2D eigenvalue weighted by Gasteiger charge is -2.17. The molecular weight excluding hydrogens is 450 g/mol. The number of carbonyl (C=O) groups is 2. The van der Waals surface area contributed by atoms with Gasteiger partial charge in [-0.3, -0.25) is 0 Å². The summed E-state index contributed by atoms with van der Waals surface area (Å²) in [6.07, 6.45) is 8.72. The first-order valence-corrected chi connectivity index (χ1v) is 10.7. The van der Waals surface area contributed by atoms with Gasteiger partial charge in [0.05, 0.1) is 58.2 Å². The van der Waals surface area contributed by atoms with Crippen molar-refractivity contribution in [2.75, 3.05) is 26.2 Å². The molecule has 2 fully saturated rings. The van der Waals surface area contributed by atoms with Crippen LogP contribution in [0.3, 0.4) is 0 Å². The van der Waals surface area contributed by atoms with E-state index < -0.39 is 33.1 Å². The Morgan fingerprint density at radius 2 is 0.857 bits per heavy atom. The SMILES string of the molecule is C1CC[NH2+]CC1.C1CC[NH2+]CC1.O=C([O-])c1c(Cl)c(Cl)c(Cl)c(Cl)c1C(=O)[O-]. The summed E-state index contributed by atoms with van der Waals surface area (Å²) < 4.78 is 0. The van der Waals surface area contributed by atoms with Gasteiger partial charge in [-0.05, 0) is 38.5 Å². The van der Waals surface area contributed by atoms with E-state index >= 15 is 0 Å². The van der Waals surface area contributed by atoms with Crippen LogP contribution in [0.1, 0.15) is 59.2 Å². The topological polar surface area (TPSA) is 113 Å². The lowest BCUT2D eigenvalue weighted by atomic mass is 10.1. The summed E-state index contributed by atoms with van der Waals surface area (Å²) in [5, 5.41) is 24.4. The average molecular weight is 474 g/mol. The van der Waals surface area contributed by atoms with Gasteiger partial charge in [0, 0.05) is 11.1 Å². The van der Waals surface area contributed by atoms with Crippen LogP contribution in [0.25, 0.3) is 0 Å². The minimum atomic E-state index is -1.84. The lowest BCUT2D eigenvalue weighted by molar-refractivity contribution is -0.662. The van der Waals surface area contributed by atoms with Crippen molar-refractivity contribution in [2.24, 2.45) is 0 Å². The van der Waals surface area contributed by atoms with Crippen LogP contribution in [0.4, 0.5) is 0 Å².